The molecule has 188 valence electrons. The average molecular weight is 505 g/mol. The molecule has 1 fully saturated rings. The van der Waals surface area contributed by atoms with Crippen LogP contribution in [0, 0.1) is 17.8 Å². The van der Waals surface area contributed by atoms with Gasteiger partial charge in [0.05, 0.1) is 28.9 Å². The highest BCUT2D eigenvalue weighted by atomic mass is 32.2. The molecule has 0 unspecified atom stereocenters. The lowest BCUT2D eigenvalue weighted by Crippen LogP contribution is -2.36. The molecule has 1 aromatic heterocycles. The number of ether oxygens (including phenoxy) is 1. The fraction of sp³-hybridized carbons (Fsp3) is 0.481. The highest BCUT2D eigenvalue weighted by molar-refractivity contribution is 7.99. The number of hydrogen-bond acceptors (Lipinski definition) is 4. The second kappa shape index (κ2) is 10.6. The van der Waals surface area contributed by atoms with Crippen LogP contribution in [0.3, 0.4) is 0 Å². The van der Waals surface area contributed by atoms with E-state index in [4.69, 9.17) is 4.74 Å². The first kappa shape index (κ1) is 25.6. The minimum atomic E-state index is -4.45. The van der Waals surface area contributed by atoms with E-state index < -0.39 is 11.7 Å². The van der Waals surface area contributed by atoms with E-state index in [-0.39, 0.29) is 23.3 Å². The van der Waals surface area contributed by atoms with Crippen LogP contribution in [0.2, 0.25) is 0 Å². The van der Waals surface area contributed by atoms with Gasteiger partial charge >= 0.3 is 12.1 Å². The first-order valence-electron chi connectivity index (χ1n) is 12.1. The van der Waals surface area contributed by atoms with E-state index >= 15 is 0 Å². The molecule has 35 heavy (non-hydrogen) atoms. The van der Waals surface area contributed by atoms with Gasteiger partial charge in [-0.3, -0.25) is 4.79 Å². The summed E-state index contributed by atoms with van der Waals surface area (Å²) in [5.74, 6) is 1.05. The second-order valence-corrected chi connectivity index (χ2v) is 10.8. The van der Waals surface area contributed by atoms with Crippen molar-refractivity contribution in [2.45, 2.75) is 64.0 Å². The van der Waals surface area contributed by atoms with Gasteiger partial charge in [0.15, 0.2) is 5.16 Å². The summed E-state index contributed by atoms with van der Waals surface area (Å²) in [7, 11) is 0. The van der Waals surface area contributed by atoms with Gasteiger partial charge in [0.1, 0.15) is 6.10 Å². The summed E-state index contributed by atoms with van der Waals surface area (Å²) in [6, 6.07) is 13.2. The summed E-state index contributed by atoms with van der Waals surface area (Å²) >= 11 is 1.21. The summed E-state index contributed by atoms with van der Waals surface area (Å²) in [5, 5.41) is 0.498. The van der Waals surface area contributed by atoms with Gasteiger partial charge in [0.2, 0.25) is 0 Å². The topological polar surface area (TPSA) is 44.1 Å². The van der Waals surface area contributed by atoms with Gasteiger partial charge in [0, 0.05) is 0 Å². The van der Waals surface area contributed by atoms with E-state index in [0.29, 0.717) is 35.0 Å². The van der Waals surface area contributed by atoms with E-state index in [2.05, 4.69) is 25.8 Å². The lowest BCUT2D eigenvalue weighted by Gasteiger charge is -2.36. The van der Waals surface area contributed by atoms with Gasteiger partial charge < -0.3 is 9.30 Å². The Labute approximate surface area is 208 Å². The third-order valence-corrected chi connectivity index (χ3v) is 7.74. The largest absolute Gasteiger partial charge is 0.461 e. The molecule has 0 aliphatic heterocycles. The van der Waals surface area contributed by atoms with Crippen LogP contribution < -0.4 is 0 Å². The number of thioether (sulfide) groups is 1. The average Bonchev–Trinajstić information content (AvgIpc) is 3.14. The van der Waals surface area contributed by atoms with Crippen molar-refractivity contribution < 1.29 is 22.7 Å². The number of rotatable bonds is 7. The molecule has 3 aromatic rings. The SMILES string of the molecule is CC(C)[C@H]1CC[C@@H](C)C[C@H]1OC(=O)CSc1nc2cc(C(F)(F)F)ccc2n1Cc1ccccc1. The summed E-state index contributed by atoms with van der Waals surface area (Å²) in [4.78, 5) is 17.3. The number of halogens is 3. The van der Waals surface area contributed by atoms with E-state index in [1.165, 1.54) is 17.8 Å². The first-order chi connectivity index (χ1) is 16.6. The summed E-state index contributed by atoms with van der Waals surface area (Å²) in [6.07, 6.45) is -1.47. The highest BCUT2D eigenvalue weighted by Gasteiger charge is 2.34. The van der Waals surface area contributed by atoms with Crippen molar-refractivity contribution in [2.24, 2.45) is 17.8 Å². The van der Waals surface area contributed by atoms with Crippen molar-refractivity contribution in [3.63, 3.8) is 0 Å². The van der Waals surface area contributed by atoms with Gasteiger partial charge in [0.25, 0.3) is 0 Å². The number of esters is 1. The fourth-order valence-electron chi connectivity index (χ4n) is 4.89. The zero-order chi connectivity index (χ0) is 25.2. The predicted octanol–water partition coefficient (Wildman–Crippen LogP) is 7.20. The Bertz CT molecular complexity index is 1160. The maximum atomic E-state index is 13.3. The Hall–Kier alpha value is -2.48. The van der Waals surface area contributed by atoms with Crippen molar-refractivity contribution in [1.82, 2.24) is 9.55 Å². The van der Waals surface area contributed by atoms with Gasteiger partial charge in [-0.15, -0.1) is 0 Å². The number of carbonyl (C=O) groups is 1. The summed E-state index contributed by atoms with van der Waals surface area (Å²) in [6.45, 7) is 6.96. The number of imidazole rings is 1. The molecule has 4 nitrogen and oxygen atoms in total. The zero-order valence-corrected chi connectivity index (χ0v) is 21.0. The minimum absolute atomic E-state index is 0.0555. The van der Waals surface area contributed by atoms with E-state index in [9.17, 15) is 18.0 Å². The number of alkyl halides is 3. The molecule has 8 heteroatoms. The normalized spacial score (nSPS) is 20.9. The molecule has 0 N–H and O–H groups in total. The molecule has 1 aliphatic rings. The molecule has 4 rings (SSSR count). The molecular weight excluding hydrogens is 473 g/mol. The Kier molecular flexibility index (Phi) is 7.79. The Morgan fingerprint density at radius 3 is 2.60 bits per heavy atom. The maximum Gasteiger partial charge on any atom is 0.416 e. The van der Waals surface area contributed by atoms with Crippen LogP contribution in [0.5, 0.6) is 0 Å². The number of fused-ring (bicyclic) bond motifs is 1. The molecule has 1 heterocycles. The van der Waals surface area contributed by atoms with Crippen molar-refractivity contribution in [2.75, 3.05) is 5.75 Å². The molecule has 0 spiro atoms. The van der Waals surface area contributed by atoms with Crippen LogP contribution in [-0.2, 0) is 22.3 Å². The third-order valence-electron chi connectivity index (χ3n) is 6.79. The van der Waals surface area contributed by atoms with Crippen molar-refractivity contribution in [1.29, 1.82) is 0 Å². The second-order valence-electron chi connectivity index (χ2n) is 9.81. The van der Waals surface area contributed by atoms with Gasteiger partial charge in [-0.2, -0.15) is 13.2 Å². The Balaban J connectivity index is 1.55. The first-order valence-corrected chi connectivity index (χ1v) is 13.0. The van der Waals surface area contributed by atoms with Crippen LogP contribution in [-0.4, -0.2) is 27.4 Å². The lowest BCUT2D eigenvalue weighted by atomic mass is 9.75. The fourth-order valence-corrected chi connectivity index (χ4v) is 5.69. The van der Waals surface area contributed by atoms with Gasteiger partial charge in [-0.1, -0.05) is 69.3 Å². The Morgan fingerprint density at radius 2 is 1.91 bits per heavy atom. The molecule has 0 radical (unpaired) electrons. The molecule has 1 saturated carbocycles. The Morgan fingerprint density at radius 1 is 1.17 bits per heavy atom. The monoisotopic (exact) mass is 504 g/mol. The quantitative estimate of drug-likeness (QED) is 0.252. The molecule has 0 saturated heterocycles. The van der Waals surface area contributed by atoms with Gasteiger partial charge in [-0.25, -0.2) is 4.98 Å². The summed E-state index contributed by atoms with van der Waals surface area (Å²) < 4.78 is 47.6. The van der Waals surface area contributed by atoms with Crippen molar-refractivity contribution in [3.05, 3.63) is 59.7 Å². The van der Waals surface area contributed by atoms with Crippen molar-refractivity contribution in [3.8, 4) is 0 Å². The molecule has 0 bridgehead atoms. The molecule has 3 atom stereocenters. The van der Waals surface area contributed by atoms with Gasteiger partial charge in [-0.05, 0) is 54.4 Å². The maximum absolute atomic E-state index is 13.3. The molecule has 1 aliphatic carbocycles. The molecule has 0 amide bonds. The van der Waals surface area contributed by atoms with Crippen molar-refractivity contribution >= 4 is 28.8 Å². The predicted molar refractivity (Wildman–Crippen MR) is 132 cm³/mol. The van der Waals surface area contributed by atoms with Crippen LogP contribution in [0.1, 0.15) is 51.2 Å². The molecular formula is C27H31F3N2O2S. The van der Waals surface area contributed by atoms with E-state index in [1.54, 1.807) is 0 Å². The van der Waals surface area contributed by atoms with Crippen LogP contribution in [0.4, 0.5) is 13.2 Å². The standard InChI is InChI=1S/C27H31F3N2O2S/c1-17(2)21-11-9-18(3)13-24(21)34-25(33)16-35-26-31-22-14-20(27(28,29)30)10-12-23(22)32(26)15-19-7-5-4-6-8-19/h4-8,10,12,14,17-18,21,24H,9,11,13,15-16H2,1-3H3/t18-,21-,24-/m1/s1. The number of benzene rings is 2. The van der Waals surface area contributed by atoms with E-state index in [1.807, 2.05) is 34.9 Å². The third kappa shape index (κ3) is 6.21. The van der Waals surface area contributed by atoms with E-state index in [0.717, 1.165) is 37.0 Å². The molecule has 2 aromatic carbocycles. The smallest absolute Gasteiger partial charge is 0.416 e. The number of hydrogen-bond donors (Lipinski definition) is 0. The highest BCUT2D eigenvalue weighted by Crippen LogP contribution is 2.36. The minimum Gasteiger partial charge on any atom is -0.461 e. The number of carbonyl (C=O) groups excluding carboxylic acids is 1. The lowest BCUT2D eigenvalue weighted by molar-refractivity contribution is -0.152. The number of nitrogens with zero attached hydrogens (tertiary/aromatic N) is 2. The summed E-state index contributed by atoms with van der Waals surface area (Å²) in [5.41, 5.74) is 1.11. The van der Waals surface area contributed by atoms with Crippen LogP contribution in [0.15, 0.2) is 53.7 Å². The van der Waals surface area contributed by atoms with Crippen LogP contribution in [0.25, 0.3) is 11.0 Å². The number of aromatic nitrogens is 2. The zero-order valence-electron chi connectivity index (χ0n) is 20.2. The van der Waals surface area contributed by atoms with Crippen LogP contribution >= 0.6 is 11.8 Å².